The predicted octanol–water partition coefficient (Wildman–Crippen LogP) is 3.82. The van der Waals surface area contributed by atoms with E-state index in [1.54, 1.807) is 12.3 Å². The molecule has 1 N–H and O–H groups in total. The Hall–Kier alpha value is -2.73. The van der Waals surface area contributed by atoms with Crippen LogP contribution in [0.2, 0.25) is 0 Å². The lowest BCUT2D eigenvalue weighted by atomic mass is 9.96. The van der Waals surface area contributed by atoms with Crippen LogP contribution in [-0.4, -0.2) is 37.7 Å². The predicted molar refractivity (Wildman–Crippen MR) is 102 cm³/mol. The van der Waals surface area contributed by atoms with Crippen LogP contribution in [0.15, 0.2) is 53.2 Å². The third-order valence-electron chi connectivity index (χ3n) is 5.13. The molecule has 1 aliphatic rings. The zero-order valence-corrected chi connectivity index (χ0v) is 15.3. The van der Waals surface area contributed by atoms with E-state index in [9.17, 15) is 5.11 Å². The van der Waals surface area contributed by atoms with Crippen LogP contribution in [-0.2, 0) is 13.0 Å². The van der Waals surface area contributed by atoms with Gasteiger partial charge < -0.3 is 9.63 Å². The van der Waals surface area contributed by atoms with Gasteiger partial charge >= 0.3 is 0 Å². The fourth-order valence-corrected chi connectivity index (χ4v) is 3.73. The van der Waals surface area contributed by atoms with Gasteiger partial charge in [-0.25, -0.2) is 0 Å². The zero-order chi connectivity index (χ0) is 18.5. The van der Waals surface area contributed by atoms with E-state index in [0.717, 1.165) is 25.1 Å². The van der Waals surface area contributed by atoms with Gasteiger partial charge in [-0.2, -0.15) is 4.98 Å². The van der Waals surface area contributed by atoms with Crippen LogP contribution < -0.4 is 0 Å². The van der Waals surface area contributed by atoms with E-state index in [-0.39, 0.29) is 0 Å². The third kappa shape index (κ3) is 4.52. The first-order chi connectivity index (χ1) is 13.3. The first-order valence-corrected chi connectivity index (χ1v) is 9.54. The lowest BCUT2D eigenvalue weighted by molar-refractivity contribution is 0.117. The number of pyridine rings is 1. The number of hydrogen-bond acceptors (Lipinski definition) is 6. The summed E-state index contributed by atoms with van der Waals surface area (Å²) in [6.45, 7) is 1.72. The average Bonchev–Trinajstić information content (AvgIpc) is 3.17. The Balaban J connectivity index is 1.40. The quantitative estimate of drug-likeness (QED) is 0.716. The Kier molecular flexibility index (Phi) is 5.44. The molecule has 0 amide bonds. The molecule has 0 spiro atoms. The van der Waals surface area contributed by atoms with Gasteiger partial charge in [0.15, 0.2) is 0 Å². The van der Waals surface area contributed by atoms with Gasteiger partial charge in [-0.15, -0.1) is 0 Å². The van der Waals surface area contributed by atoms with Crippen molar-refractivity contribution in [1.29, 1.82) is 0 Å². The van der Waals surface area contributed by atoms with Crippen LogP contribution in [0.4, 0.5) is 0 Å². The second-order valence-corrected chi connectivity index (χ2v) is 7.06. The van der Waals surface area contributed by atoms with E-state index in [0.29, 0.717) is 30.1 Å². The minimum atomic E-state index is 0.334. The summed E-state index contributed by atoms with van der Waals surface area (Å²) in [6, 6.07) is 13.7. The lowest BCUT2D eigenvalue weighted by Crippen LogP contribution is -2.39. The van der Waals surface area contributed by atoms with Crippen molar-refractivity contribution < 1.29 is 9.63 Å². The SMILES string of the molecule is Oc1cccc(CC[C@@H]2CCCCN2Cc2nc(-c3ccccn3)no2)c1. The van der Waals surface area contributed by atoms with Gasteiger partial charge in [0.25, 0.3) is 0 Å². The topological polar surface area (TPSA) is 75.3 Å². The van der Waals surface area contributed by atoms with Crippen LogP contribution >= 0.6 is 0 Å². The first kappa shape index (κ1) is 17.7. The van der Waals surface area contributed by atoms with Crippen molar-refractivity contribution in [3.63, 3.8) is 0 Å². The highest BCUT2D eigenvalue weighted by Gasteiger charge is 2.24. The fourth-order valence-electron chi connectivity index (χ4n) is 3.73. The zero-order valence-electron chi connectivity index (χ0n) is 15.3. The number of nitrogens with zero attached hydrogens (tertiary/aromatic N) is 4. The maximum Gasteiger partial charge on any atom is 0.241 e. The number of piperidine rings is 1. The molecule has 1 saturated heterocycles. The molecule has 0 radical (unpaired) electrons. The molecule has 1 aliphatic heterocycles. The molecule has 4 rings (SSSR count). The smallest absolute Gasteiger partial charge is 0.241 e. The molecule has 0 aliphatic carbocycles. The molecule has 3 aromatic rings. The summed E-state index contributed by atoms with van der Waals surface area (Å²) in [5.74, 6) is 1.51. The Morgan fingerprint density at radius 3 is 2.96 bits per heavy atom. The van der Waals surface area contributed by atoms with Gasteiger partial charge in [-0.1, -0.05) is 29.8 Å². The van der Waals surface area contributed by atoms with E-state index < -0.39 is 0 Å². The molecule has 0 bridgehead atoms. The molecule has 27 heavy (non-hydrogen) atoms. The summed E-state index contributed by atoms with van der Waals surface area (Å²) < 4.78 is 5.47. The van der Waals surface area contributed by atoms with Crippen LogP contribution in [0.3, 0.4) is 0 Å². The van der Waals surface area contributed by atoms with Gasteiger partial charge in [0.2, 0.25) is 11.7 Å². The minimum absolute atomic E-state index is 0.334. The normalized spacial score (nSPS) is 17.9. The molecule has 1 atom stereocenters. The lowest BCUT2D eigenvalue weighted by Gasteiger charge is -2.34. The highest BCUT2D eigenvalue weighted by Crippen LogP contribution is 2.24. The number of phenolic OH excluding ortho intramolecular Hbond substituents is 1. The minimum Gasteiger partial charge on any atom is -0.508 e. The first-order valence-electron chi connectivity index (χ1n) is 9.54. The van der Waals surface area contributed by atoms with Crippen LogP contribution in [0.25, 0.3) is 11.5 Å². The summed E-state index contributed by atoms with van der Waals surface area (Å²) >= 11 is 0. The van der Waals surface area contributed by atoms with E-state index in [2.05, 4.69) is 26.1 Å². The van der Waals surface area contributed by atoms with Crippen molar-refractivity contribution in [3.05, 3.63) is 60.1 Å². The van der Waals surface area contributed by atoms with E-state index in [1.807, 2.05) is 30.3 Å². The molecule has 6 nitrogen and oxygen atoms in total. The second-order valence-electron chi connectivity index (χ2n) is 7.06. The number of aromatic hydroxyl groups is 1. The molecule has 2 aromatic heterocycles. The highest BCUT2D eigenvalue weighted by molar-refractivity contribution is 5.46. The summed E-state index contributed by atoms with van der Waals surface area (Å²) in [5.41, 5.74) is 1.90. The van der Waals surface area contributed by atoms with Crippen molar-refractivity contribution in [2.45, 2.75) is 44.7 Å². The van der Waals surface area contributed by atoms with Gasteiger partial charge in [0.1, 0.15) is 11.4 Å². The molecule has 1 fully saturated rings. The number of likely N-dealkylation sites (tertiary alicyclic amines) is 1. The van der Waals surface area contributed by atoms with Gasteiger partial charge in [0, 0.05) is 12.2 Å². The number of hydrogen-bond donors (Lipinski definition) is 1. The number of aromatic nitrogens is 3. The summed E-state index contributed by atoms with van der Waals surface area (Å²) in [5, 5.41) is 13.7. The monoisotopic (exact) mass is 364 g/mol. The molecule has 0 unspecified atom stereocenters. The van der Waals surface area contributed by atoms with E-state index in [1.165, 1.54) is 24.8 Å². The van der Waals surface area contributed by atoms with Crippen LogP contribution in [0.1, 0.15) is 37.1 Å². The van der Waals surface area contributed by atoms with Crippen LogP contribution in [0, 0.1) is 0 Å². The largest absolute Gasteiger partial charge is 0.508 e. The molecular weight excluding hydrogens is 340 g/mol. The second kappa shape index (κ2) is 8.31. The molecule has 1 aromatic carbocycles. The van der Waals surface area contributed by atoms with E-state index >= 15 is 0 Å². The summed E-state index contributed by atoms with van der Waals surface area (Å²) in [4.78, 5) is 11.2. The Labute approximate surface area is 158 Å². The molecule has 6 heteroatoms. The fraction of sp³-hybridized carbons (Fsp3) is 0.381. The maximum atomic E-state index is 9.65. The van der Waals surface area contributed by atoms with Crippen LogP contribution in [0.5, 0.6) is 5.75 Å². The van der Waals surface area contributed by atoms with Gasteiger partial charge in [-0.3, -0.25) is 9.88 Å². The Bertz CT molecular complexity index is 865. The number of phenols is 1. The van der Waals surface area contributed by atoms with Gasteiger partial charge in [0.05, 0.1) is 6.54 Å². The molecule has 0 saturated carbocycles. The standard InChI is InChI=1S/C21H24N4O2/c26-18-8-5-6-16(14-18)10-11-17-7-2-4-13-25(17)15-20-23-21(24-27-20)19-9-1-3-12-22-19/h1,3,5-6,8-9,12,14,17,26H,2,4,7,10-11,13,15H2/t17-/m0/s1. The van der Waals surface area contributed by atoms with Crippen molar-refractivity contribution >= 4 is 0 Å². The van der Waals surface area contributed by atoms with Gasteiger partial charge in [-0.05, 0) is 62.1 Å². The third-order valence-corrected chi connectivity index (χ3v) is 5.13. The Morgan fingerprint density at radius 2 is 2.11 bits per heavy atom. The number of aryl methyl sites for hydroxylation is 1. The highest BCUT2D eigenvalue weighted by atomic mass is 16.5. The van der Waals surface area contributed by atoms with Crippen molar-refractivity contribution in [2.24, 2.45) is 0 Å². The molecule has 3 heterocycles. The van der Waals surface area contributed by atoms with Crippen molar-refractivity contribution in [3.8, 4) is 17.3 Å². The average molecular weight is 364 g/mol. The molecule has 140 valence electrons. The maximum absolute atomic E-state index is 9.65. The van der Waals surface area contributed by atoms with Crippen molar-refractivity contribution in [2.75, 3.05) is 6.54 Å². The summed E-state index contributed by atoms with van der Waals surface area (Å²) in [7, 11) is 0. The summed E-state index contributed by atoms with van der Waals surface area (Å²) in [6.07, 6.45) is 7.38. The van der Waals surface area contributed by atoms with E-state index in [4.69, 9.17) is 4.52 Å². The Morgan fingerprint density at radius 1 is 1.15 bits per heavy atom. The number of rotatable bonds is 6. The number of benzene rings is 1. The molecular formula is C21H24N4O2. The van der Waals surface area contributed by atoms with Crippen molar-refractivity contribution in [1.82, 2.24) is 20.0 Å².